The Hall–Kier alpha value is -2.57. The van der Waals surface area contributed by atoms with Crippen LogP contribution in [0.25, 0.3) is 0 Å². The molecular weight excluding hydrogens is 274 g/mol. The van der Waals surface area contributed by atoms with E-state index in [0.717, 1.165) is 5.56 Å². The molecule has 0 spiro atoms. The number of carboxylic acids is 1. The van der Waals surface area contributed by atoms with Crippen molar-refractivity contribution in [2.75, 3.05) is 26.0 Å². The van der Waals surface area contributed by atoms with E-state index in [-0.39, 0.29) is 23.7 Å². The minimum atomic E-state index is -1.12. The van der Waals surface area contributed by atoms with Crippen LogP contribution in [0.1, 0.15) is 21.5 Å². The number of urea groups is 1. The number of aryl methyl sites for hydroxylation is 2. The number of anilines is 1. The van der Waals surface area contributed by atoms with Gasteiger partial charge >= 0.3 is 12.0 Å². The van der Waals surface area contributed by atoms with Gasteiger partial charge in [-0.15, -0.1) is 0 Å². The van der Waals surface area contributed by atoms with Crippen molar-refractivity contribution in [3.63, 3.8) is 0 Å². The van der Waals surface area contributed by atoms with Crippen molar-refractivity contribution in [2.45, 2.75) is 13.8 Å². The Balaban J connectivity index is 2.85. The number of amides is 3. The topological polar surface area (TPSA) is 98.7 Å². The molecule has 114 valence electrons. The monoisotopic (exact) mass is 293 g/mol. The molecule has 7 nitrogen and oxygen atoms in total. The van der Waals surface area contributed by atoms with Crippen molar-refractivity contribution >= 4 is 23.6 Å². The maximum atomic E-state index is 11.8. The van der Waals surface area contributed by atoms with E-state index in [1.165, 1.54) is 11.0 Å². The Morgan fingerprint density at radius 3 is 2.33 bits per heavy atom. The van der Waals surface area contributed by atoms with Crippen molar-refractivity contribution in [3.05, 3.63) is 28.8 Å². The normalized spacial score (nSPS) is 9.90. The molecule has 0 radical (unpaired) electrons. The number of carbonyl (C=O) groups is 3. The Labute approximate surface area is 122 Å². The van der Waals surface area contributed by atoms with Gasteiger partial charge in [0.1, 0.15) is 0 Å². The van der Waals surface area contributed by atoms with E-state index in [1.54, 1.807) is 34.0 Å². The number of carboxylic acid groups (broad SMARTS) is 1. The largest absolute Gasteiger partial charge is 0.478 e. The second-order valence-corrected chi connectivity index (χ2v) is 4.91. The average Bonchev–Trinajstić information content (AvgIpc) is 2.38. The summed E-state index contributed by atoms with van der Waals surface area (Å²) in [6, 6.07) is 2.63. The number of nitrogens with zero attached hydrogens (tertiary/aromatic N) is 1. The van der Waals surface area contributed by atoms with Gasteiger partial charge < -0.3 is 20.6 Å². The molecule has 0 bridgehead atoms. The summed E-state index contributed by atoms with van der Waals surface area (Å²) in [7, 11) is 3.16. The van der Waals surface area contributed by atoms with Gasteiger partial charge in [0, 0.05) is 14.1 Å². The maximum Gasteiger partial charge on any atom is 0.337 e. The van der Waals surface area contributed by atoms with Crippen LogP contribution in [0.5, 0.6) is 0 Å². The highest BCUT2D eigenvalue weighted by Gasteiger charge is 2.16. The minimum absolute atomic E-state index is 0.0154. The molecule has 0 aliphatic heterocycles. The van der Waals surface area contributed by atoms with Gasteiger partial charge in [0.2, 0.25) is 5.91 Å². The zero-order valence-corrected chi connectivity index (χ0v) is 12.5. The van der Waals surface area contributed by atoms with E-state index < -0.39 is 12.0 Å². The van der Waals surface area contributed by atoms with Crippen molar-refractivity contribution in [3.8, 4) is 0 Å². The van der Waals surface area contributed by atoms with Crippen molar-refractivity contribution < 1.29 is 19.5 Å². The lowest BCUT2D eigenvalue weighted by atomic mass is 10.0. The third kappa shape index (κ3) is 4.48. The molecule has 0 heterocycles. The third-order valence-corrected chi connectivity index (χ3v) is 2.85. The third-order valence-electron chi connectivity index (χ3n) is 2.85. The van der Waals surface area contributed by atoms with E-state index in [1.807, 2.05) is 0 Å². The maximum absolute atomic E-state index is 11.8. The molecule has 0 aliphatic carbocycles. The highest BCUT2D eigenvalue weighted by atomic mass is 16.4. The molecule has 1 rings (SSSR count). The number of carbonyl (C=O) groups excluding carboxylic acids is 2. The first kappa shape index (κ1) is 16.5. The van der Waals surface area contributed by atoms with Crippen LogP contribution < -0.4 is 10.6 Å². The van der Waals surface area contributed by atoms with Gasteiger partial charge in [-0.2, -0.15) is 0 Å². The molecule has 0 unspecified atom stereocenters. The molecule has 0 fully saturated rings. The molecule has 21 heavy (non-hydrogen) atoms. The summed E-state index contributed by atoms with van der Waals surface area (Å²) in [6.07, 6.45) is 0. The fraction of sp³-hybridized carbons (Fsp3) is 0.357. The molecule has 7 heteroatoms. The van der Waals surface area contributed by atoms with Crippen molar-refractivity contribution in [1.29, 1.82) is 0 Å². The van der Waals surface area contributed by atoms with Crippen molar-refractivity contribution in [1.82, 2.24) is 10.2 Å². The van der Waals surface area contributed by atoms with Gasteiger partial charge in [-0.25, -0.2) is 9.59 Å². The van der Waals surface area contributed by atoms with Crippen LogP contribution in [-0.4, -0.2) is 48.6 Å². The van der Waals surface area contributed by atoms with Crippen LogP contribution in [0.3, 0.4) is 0 Å². The van der Waals surface area contributed by atoms with Gasteiger partial charge in [0.05, 0.1) is 17.8 Å². The van der Waals surface area contributed by atoms with Crippen LogP contribution >= 0.6 is 0 Å². The molecule has 0 aromatic heterocycles. The number of benzene rings is 1. The number of nitrogens with one attached hydrogen (secondary N) is 2. The SMILES string of the molecule is Cc1cc(C)c(NC(=O)NCC(=O)N(C)C)c(C(=O)O)c1. The summed E-state index contributed by atoms with van der Waals surface area (Å²) in [6.45, 7) is 3.32. The first-order chi connectivity index (χ1) is 9.72. The van der Waals surface area contributed by atoms with E-state index in [2.05, 4.69) is 10.6 Å². The van der Waals surface area contributed by atoms with Gasteiger partial charge in [0.25, 0.3) is 0 Å². The summed E-state index contributed by atoms with van der Waals surface area (Å²) >= 11 is 0. The Morgan fingerprint density at radius 1 is 1.19 bits per heavy atom. The number of rotatable bonds is 4. The molecule has 0 saturated heterocycles. The molecule has 0 atom stereocenters. The van der Waals surface area contributed by atoms with Crippen LogP contribution in [0.15, 0.2) is 12.1 Å². The van der Waals surface area contributed by atoms with Crippen LogP contribution in [-0.2, 0) is 4.79 Å². The molecule has 1 aromatic carbocycles. The lowest BCUT2D eigenvalue weighted by Crippen LogP contribution is -2.38. The standard InChI is InChI=1S/C14H19N3O4/c1-8-5-9(2)12(10(6-8)13(19)20)16-14(21)15-7-11(18)17(3)4/h5-6H,7H2,1-4H3,(H,19,20)(H2,15,16,21). The summed E-state index contributed by atoms with van der Waals surface area (Å²) in [5.74, 6) is -1.38. The van der Waals surface area contributed by atoms with Crippen LogP contribution in [0, 0.1) is 13.8 Å². The predicted molar refractivity (Wildman–Crippen MR) is 78.6 cm³/mol. The first-order valence-electron chi connectivity index (χ1n) is 6.32. The first-order valence-corrected chi connectivity index (χ1v) is 6.32. The highest BCUT2D eigenvalue weighted by molar-refractivity contribution is 6.01. The number of hydrogen-bond donors (Lipinski definition) is 3. The number of aromatic carboxylic acids is 1. The fourth-order valence-corrected chi connectivity index (χ4v) is 1.77. The van der Waals surface area contributed by atoms with Gasteiger partial charge in [0.15, 0.2) is 0 Å². The summed E-state index contributed by atoms with van der Waals surface area (Å²) in [5.41, 5.74) is 1.67. The molecule has 3 N–H and O–H groups in total. The zero-order chi connectivity index (χ0) is 16.2. The zero-order valence-electron chi connectivity index (χ0n) is 12.5. The lowest BCUT2D eigenvalue weighted by molar-refractivity contribution is -0.127. The minimum Gasteiger partial charge on any atom is -0.478 e. The summed E-state index contributed by atoms with van der Waals surface area (Å²) < 4.78 is 0. The second-order valence-electron chi connectivity index (χ2n) is 4.91. The van der Waals surface area contributed by atoms with Gasteiger partial charge in [-0.3, -0.25) is 4.79 Å². The van der Waals surface area contributed by atoms with E-state index in [9.17, 15) is 19.5 Å². The van der Waals surface area contributed by atoms with Crippen molar-refractivity contribution in [2.24, 2.45) is 0 Å². The number of likely N-dealkylation sites (N-methyl/N-ethyl adjacent to an activating group) is 1. The van der Waals surface area contributed by atoms with E-state index in [0.29, 0.717) is 5.56 Å². The highest BCUT2D eigenvalue weighted by Crippen LogP contribution is 2.22. The van der Waals surface area contributed by atoms with E-state index in [4.69, 9.17) is 0 Å². The fourth-order valence-electron chi connectivity index (χ4n) is 1.77. The Kier molecular flexibility index (Phi) is 5.29. The molecule has 3 amide bonds. The van der Waals surface area contributed by atoms with Crippen LogP contribution in [0.4, 0.5) is 10.5 Å². The van der Waals surface area contributed by atoms with Gasteiger partial charge in [-0.05, 0) is 31.0 Å². The molecule has 0 saturated carbocycles. The second kappa shape index (κ2) is 6.74. The average molecular weight is 293 g/mol. The Bertz CT molecular complexity index is 582. The van der Waals surface area contributed by atoms with Gasteiger partial charge in [-0.1, -0.05) is 6.07 Å². The quantitative estimate of drug-likeness (QED) is 0.777. The lowest BCUT2D eigenvalue weighted by Gasteiger charge is -2.14. The molecular formula is C14H19N3O4. The summed E-state index contributed by atoms with van der Waals surface area (Å²) in [4.78, 5) is 35.7. The van der Waals surface area contributed by atoms with Crippen LogP contribution in [0.2, 0.25) is 0 Å². The smallest absolute Gasteiger partial charge is 0.337 e. The molecule has 1 aromatic rings. The summed E-state index contributed by atoms with van der Waals surface area (Å²) in [5, 5.41) is 14.1. The van der Waals surface area contributed by atoms with E-state index >= 15 is 0 Å². The Morgan fingerprint density at radius 2 is 1.81 bits per heavy atom. The number of hydrogen-bond acceptors (Lipinski definition) is 3. The predicted octanol–water partition coefficient (Wildman–Crippen LogP) is 1.21. The molecule has 0 aliphatic rings.